The summed E-state index contributed by atoms with van der Waals surface area (Å²) in [6, 6.07) is 8.89. The van der Waals surface area contributed by atoms with E-state index in [-0.39, 0.29) is 11.4 Å². The van der Waals surface area contributed by atoms with E-state index < -0.39 is 11.0 Å². The van der Waals surface area contributed by atoms with Gasteiger partial charge in [-0.25, -0.2) is 14.8 Å². The number of nitrogens with one attached hydrogen (secondary N) is 2. The summed E-state index contributed by atoms with van der Waals surface area (Å²) in [5.41, 5.74) is 1.43. The van der Waals surface area contributed by atoms with Crippen molar-refractivity contribution in [2.24, 2.45) is 0 Å². The van der Waals surface area contributed by atoms with Crippen molar-refractivity contribution < 1.29 is 14.5 Å². The fourth-order valence-corrected chi connectivity index (χ4v) is 2.39. The van der Waals surface area contributed by atoms with Gasteiger partial charge >= 0.3 is 6.03 Å². The van der Waals surface area contributed by atoms with E-state index in [1.54, 1.807) is 25.3 Å². The molecule has 0 unspecified atom stereocenters. The highest BCUT2D eigenvalue weighted by Crippen LogP contribution is 2.29. The number of hydrogen-bond donors (Lipinski definition) is 2. The molecule has 132 valence electrons. The Bertz CT molecular complexity index is 1010. The van der Waals surface area contributed by atoms with Crippen LogP contribution in [0.1, 0.15) is 5.69 Å². The number of nitro groups is 1. The minimum absolute atomic E-state index is 0.0568. The van der Waals surface area contributed by atoms with Gasteiger partial charge in [-0.3, -0.25) is 10.1 Å². The zero-order valence-electron chi connectivity index (χ0n) is 14.0. The zero-order valence-corrected chi connectivity index (χ0v) is 14.0. The monoisotopic (exact) mass is 353 g/mol. The number of hydrogen-bond acceptors (Lipinski definition) is 6. The van der Waals surface area contributed by atoms with Crippen molar-refractivity contribution in [3.05, 3.63) is 58.4 Å². The summed E-state index contributed by atoms with van der Waals surface area (Å²) in [6.07, 6.45) is 1.64. The number of nitrogens with zero attached hydrogens (tertiary/aromatic N) is 3. The number of benzene rings is 1. The van der Waals surface area contributed by atoms with Crippen LogP contribution in [0, 0.1) is 17.0 Å². The maximum atomic E-state index is 12.3. The van der Waals surface area contributed by atoms with Crippen LogP contribution in [-0.2, 0) is 0 Å². The topological polar surface area (TPSA) is 119 Å². The minimum Gasteiger partial charge on any atom is -0.496 e. The number of fused-ring (bicyclic) bond motifs is 1. The molecule has 2 amide bonds. The summed E-state index contributed by atoms with van der Waals surface area (Å²) < 4.78 is 4.97. The van der Waals surface area contributed by atoms with Gasteiger partial charge in [-0.2, -0.15) is 0 Å². The highest BCUT2D eigenvalue weighted by molar-refractivity contribution is 6.02. The van der Waals surface area contributed by atoms with Crippen molar-refractivity contribution in [2.45, 2.75) is 6.92 Å². The molecule has 2 aromatic heterocycles. The molecule has 0 spiro atoms. The molecule has 9 heteroatoms. The molecule has 2 heterocycles. The van der Waals surface area contributed by atoms with E-state index >= 15 is 0 Å². The lowest BCUT2D eigenvalue weighted by Crippen LogP contribution is -2.21. The van der Waals surface area contributed by atoms with Gasteiger partial charge in [0.05, 0.1) is 29.5 Å². The van der Waals surface area contributed by atoms with Crippen LogP contribution in [0.25, 0.3) is 11.0 Å². The predicted molar refractivity (Wildman–Crippen MR) is 96.6 cm³/mol. The van der Waals surface area contributed by atoms with Crippen LogP contribution in [0.15, 0.2) is 42.6 Å². The van der Waals surface area contributed by atoms with Crippen LogP contribution in [-0.4, -0.2) is 28.0 Å². The first-order chi connectivity index (χ1) is 12.5. The molecule has 0 aliphatic rings. The molecule has 3 aromatic rings. The van der Waals surface area contributed by atoms with Crippen molar-refractivity contribution >= 4 is 34.1 Å². The molecule has 0 atom stereocenters. The van der Waals surface area contributed by atoms with Crippen LogP contribution >= 0.6 is 0 Å². The highest BCUT2D eigenvalue weighted by atomic mass is 16.6. The summed E-state index contributed by atoms with van der Waals surface area (Å²) in [6.45, 7) is 1.74. The van der Waals surface area contributed by atoms with Crippen LogP contribution in [0.5, 0.6) is 5.75 Å². The van der Waals surface area contributed by atoms with Crippen molar-refractivity contribution in [1.82, 2.24) is 9.97 Å². The first-order valence-corrected chi connectivity index (χ1v) is 7.60. The molecule has 0 fully saturated rings. The fraction of sp³-hybridized carbons (Fsp3) is 0.118. The largest absolute Gasteiger partial charge is 0.496 e. The van der Waals surface area contributed by atoms with E-state index in [4.69, 9.17) is 4.74 Å². The maximum Gasteiger partial charge on any atom is 0.323 e. The lowest BCUT2D eigenvalue weighted by atomic mass is 10.2. The number of carbonyl (C=O) groups excluding carboxylic acids is 1. The van der Waals surface area contributed by atoms with Gasteiger partial charge < -0.3 is 15.4 Å². The van der Waals surface area contributed by atoms with Gasteiger partial charge in [-0.05, 0) is 37.3 Å². The quantitative estimate of drug-likeness (QED) is 0.547. The van der Waals surface area contributed by atoms with Gasteiger partial charge in [0.25, 0.3) is 5.69 Å². The number of rotatable bonds is 4. The van der Waals surface area contributed by atoms with E-state index in [0.29, 0.717) is 22.8 Å². The number of aromatic nitrogens is 2. The molecular weight excluding hydrogens is 338 g/mol. The summed E-state index contributed by atoms with van der Waals surface area (Å²) in [5.74, 6) is 0.324. The first kappa shape index (κ1) is 17.1. The molecule has 0 aliphatic carbocycles. The maximum absolute atomic E-state index is 12.3. The van der Waals surface area contributed by atoms with E-state index in [9.17, 15) is 14.9 Å². The van der Waals surface area contributed by atoms with Gasteiger partial charge in [-0.1, -0.05) is 0 Å². The van der Waals surface area contributed by atoms with Gasteiger partial charge in [0.2, 0.25) is 0 Å². The molecule has 3 rings (SSSR count). The first-order valence-electron chi connectivity index (χ1n) is 7.60. The molecule has 1 aromatic carbocycles. The molecule has 0 saturated heterocycles. The van der Waals surface area contributed by atoms with Crippen molar-refractivity contribution in [3.63, 3.8) is 0 Å². The van der Waals surface area contributed by atoms with E-state index in [1.807, 2.05) is 6.07 Å². The molecule has 0 saturated carbocycles. The summed E-state index contributed by atoms with van der Waals surface area (Å²) >= 11 is 0. The van der Waals surface area contributed by atoms with E-state index in [0.717, 1.165) is 5.39 Å². The number of amides is 2. The number of urea groups is 1. The number of aryl methyl sites for hydroxylation is 1. The zero-order chi connectivity index (χ0) is 18.7. The van der Waals surface area contributed by atoms with Crippen molar-refractivity contribution in [3.8, 4) is 5.75 Å². The Labute approximate surface area is 148 Å². The Hall–Kier alpha value is -3.75. The van der Waals surface area contributed by atoms with E-state index in [2.05, 4.69) is 20.6 Å². The van der Waals surface area contributed by atoms with Gasteiger partial charge in [0.1, 0.15) is 11.4 Å². The Kier molecular flexibility index (Phi) is 4.61. The second-order valence-corrected chi connectivity index (χ2v) is 5.39. The molecule has 0 radical (unpaired) electrons. The summed E-state index contributed by atoms with van der Waals surface area (Å²) in [4.78, 5) is 31.4. The Morgan fingerprint density at radius 2 is 1.96 bits per heavy atom. The number of methoxy groups -OCH3 is 1. The molecule has 2 N–H and O–H groups in total. The van der Waals surface area contributed by atoms with Gasteiger partial charge in [-0.15, -0.1) is 0 Å². The smallest absolute Gasteiger partial charge is 0.323 e. The summed E-state index contributed by atoms with van der Waals surface area (Å²) in [7, 11) is 1.41. The van der Waals surface area contributed by atoms with Gasteiger partial charge in [0, 0.05) is 11.6 Å². The van der Waals surface area contributed by atoms with Crippen LogP contribution in [0.3, 0.4) is 0 Å². The molecule has 9 nitrogen and oxygen atoms in total. The minimum atomic E-state index is -0.619. The number of carbonyl (C=O) groups is 1. The fourth-order valence-electron chi connectivity index (χ4n) is 2.39. The van der Waals surface area contributed by atoms with E-state index in [1.165, 1.54) is 25.3 Å². The second-order valence-electron chi connectivity index (χ2n) is 5.39. The SMILES string of the molecule is COc1ccc(NC(=O)Nc2cc3cccnc3nc2C)c([N+](=O)[O-])c1. The highest BCUT2D eigenvalue weighted by Gasteiger charge is 2.18. The predicted octanol–water partition coefficient (Wildman–Crippen LogP) is 3.50. The van der Waals surface area contributed by atoms with Crippen molar-refractivity contribution in [1.29, 1.82) is 0 Å². The lowest BCUT2D eigenvalue weighted by Gasteiger charge is -2.11. The second kappa shape index (κ2) is 7.01. The van der Waals surface area contributed by atoms with Gasteiger partial charge in [0.15, 0.2) is 5.65 Å². The van der Waals surface area contributed by atoms with Crippen LogP contribution < -0.4 is 15.4 Å². The number of pyridine rings is 2. The normalized spacial score (nSPS) is 10.4. The number of anilines is 2. The third-order valence-corrected chi connectivity index (χ3v) is 3.68. The molecule has 26 heavy (non-hydrogen) atoms. The lowest BCUT2D eigenvalue weighted by molar-refractivity contribution is -0.384. The third-order valence-electron chi connectivity index (χ3n) is 3.68. The average Bonchev–Trinajstić information content (AvgIpc) is 2.62. The molecular formula is C17H15N5O4. The molecule has 0 bridgehead atoms. The number of ether oxygens (including phenoxy) is 1. The average molecular weight is 353 g/mol. The summed E-state index contributed by atoms with van der Waals surface area (Å²) in [5, 5.41) is 17.1. The van der Waals surface area contributed by atoms with Crippen molar-refractivity contribution in [2.75, 3.05) is 17.7 Å². The Morgan fingerprint density at radius 3 is 2.69 bits per heavy atom. The number of nitro benzene ring substituents is 1. The molecule has 0 aliphatic heterocycles. The van der Waals surface area contributed by atoms with Crippen LogP contribution in [0.4, 0.5) is 21.9 Å². The Balaban J connectivity index is 1.83. The third kappa shape index (κ3) is 3.51. The van der Waals surface area contributed by atoms with Crippen LogP contribution in [0.2, 0.25) is 0 Å². The standard InChI is InChI=1S/C17H15N5O4/c1-10-14(8-11-4-3-7-18-16(11)19-10)21-17(23)20-13-6-5-12(26-2)9-15(13)22(24)25/h3-9H,1-2H3,(H2,20,21,23). The Morgan fingerprint density at radius 1 is 1.19 bits per heavy atom.